The van der Waals surface area contributed by atoms with Crippen molar-refractivity contribution in [2.45, 2.75) is 57.1 Å². The summed E-state index contributed by atoms with van der Waals surface area (Å²) in [5.41, 5.74) is -1.62. The topological polar surface area (TPSA) is 75.6 Å². The first kappa shape index (κ1) is 17.6. The van der Waals surface area contributed by atoms with Crippen molar-refractivity contribution < 1.29 is 28.2 Å². The highest BCUT2D eigenvalue weighted by Gasteiger charge is 2.73. The Hall–Kier alpha value is -2.18. The summed E-state index contributed by atoms with van der Waals surface area (Å²) < 4.78 is 32.6. The third kappa shape index (κ3) is 2.85. The lowest BCUT2D eigenvalue weighted by atomic mass is 9.31. The molecule has 3 saturated carbocycles. The Kier molecular flexibility index (Phi) is 3.82. The van der Waals surface area contributed by atoms with E-state index in [1.54, 1.807) is 26.8 Å². The van der Waals surface area contributed by atoms with Gasteiger partial charge in [-0.3, -0.25) is 0 Å². The first-order valence-corrected chi connectivity index (χ1v) is 8.15. The van der Waals surface area contributed by atoms with Crippen molar-refractivity contribution in [2.75, 3.05) is 0 Å². The molecule has 3 fully saturated rings. The first-order chi connectivity index (χ1) is 11.5. The van der Waals surface area contributed by atoms with Crippen molar-refractivity contribution >= 4 is 12.1 Å². The van der Waals surface area contributed by atoms with Crippen molar-refractivity contribution in [3.05, 3.63) is 35.4 Å². The number of carbonyl (C=O) groups excluding carboxylic acids is 1. The standard InChI is InChI=1S/C18H21F2NO4/c1-16(2,3)25-15(24)21-13(14(22)23)18-7-17(8-18,9-18)10-5-4-6-11(19)12(10)20/h4-6,13H,7-9H2,1-3H3,(H,21,24)(H,22,23). The minimum atomic E-state index is -1.15. The number of alkyl carbamates (subject to hydrolysis) is 1. The van der Waals surface area contributed by atoms with Gasteiger partial charge in [-0.1, -0.05) is 12.1 Å². The average Bonchev–Trinajstić information content (AvgIpc) is 2.37. The smallest absolute Gasteiger partial charge is 0.408 e. The number of benzene rings is 1. The fourth-order valence-electron chi connectivity index (χ4n) is 4.27. The Balaban J connectivity index is 1.72. The van der Waals surface area contributed by atoms with Crippen LogP contribution in [0, 0.1) is 17.0 Å². The number of nitrogens with one attached hydrogen (secondary N) is 1. The lowest BCUT2D eigenvalue weighted by Crippen LogP contribution is -2.73. The van der Waals surface area contributed by atoms with Gasteiger partial charge in [-0.05, 0) is 51.7 Å². The molecule has 25 heavy (non-hydrogen) atoms. The van der Waals surface area contributed by atoms with Gasteiger partial charge in [-0.2, -0.15) is 0 Å². The number of hydrogen-bond donors (Lipinski definition) is 2. The van der Waals surface area contributed by atoms with Gasteiger partial charge in [-0.25, -0.2) is 18.4 Å². The second kappa shape index (κ2) is 5.41. The van der Waals surface area contributed by atoms with Crippen LogP contribution in [0.2, 0.25) is 0 Å². The molecule has 7 heteroatoms. The summed E-state index contributed by atoms with van der Waals surface area (Å²) in [7, 11) is 0. The molecular formula is C18H21F2NO4. The maximum Gasteiger partial charge on any atom is 0.408 e. The first-order valence-electron chi connectivity index (χ1n) is 8.15. The minimum absolute atomic E-state index is 0.288. The number of amides is 1. The fraction of sp³-hybridized carbons (Fsp3) is 0.556. The summed E-state index contributed by atoms with van der Waals surface area (Å²) in [5.74, 6) is -2.93. The second-order valence-corrected chi connectivity index (χ2v) is 8.19. The van der Waals surface area contributed by atoms with Gasteiger partial charge in [0.2, 0.25) is 0 Å². The minimum Gasteiger partial charge on any atom is -0.480 e. The van der Waals surface area contributed by atoms with Crippen LogP contribution < -0.4 is 5.32 Å². The van der Waals surface area contributed by atoms with E-state index >= 15 is 0 Å². The van der Waals surface area contributed by atoms with Crippen LogP contribution in [0.25, 0.3) is 0 Å². The van der Waals surface area contributed by atoms with Crippen LogP contribution in [0.15, 0.2) is 18.2 Å². The van der Waals surface area contributed by atoms with Gasteiger partial charge >= 0.3 is 12.1 Å². The van der Waals surface area contributed by atoms with E-state index in [9.17, 15) is 23.5 Å². The van der Waals surface area contributed by atoms with Crippen LogP contribution in [0.3, 0.4) is 0 Å². The van der Waals surface area contributed by atoms with Crippen molar-refractivity contribution in [3.63, 3.8) is 0 Å². The third-order valence-corrected chi connectivity index (χ3v) is 5.11. The van der Waals surface area contributed by atoms with E-state index in [-0.39, 0.29) is 5.56 Å². The molecule has 3 aliphatic rings. The van der Waals surface area contributed by atoms with Gasteiger partial charge in [-0.15, -0.1) is 0 Å². The molecule has 4 rings (SSSR count). The molecule has 0 radical (unpaired) electrons. The summed E-state index contributed by atoms with van der Waals surface area (Å²) in [5, 5.41) is 11.9. The van der Waals surface area contributed by atoms with E-state index in [0.717, 1.165) is 6.07 Å². The van der Waals surface area contributed by atoms with Gasteiger partial charge in [0.25, 0.3) is 0 Å². The number of carboxylic acid groups (broad SMARTS) is 1. The number of carbonyl (C=O) groups is 2. The predicted molar refractivity (Wildman–Crippen MR) is 85.1 cm³/mol. The molecule has 1 unspecified atom stereocenters. The molecule has 3 aliphatic carbocycles. The highest BCUT2D eigenvalue weighted by Crippen LogP contribution is 2.75. The van der Waals surface area contributed by atoms with Gasteiger partial charge in [0.15, 0.2) is 11.6 Å². The fourth-order valence-corrected chi connectivity index (χ4v) is 4.27. The zero-order chi connectivity index (χ0) is 18.6. The van der Waals surface area contributed by atoms with E-state index in [2.05, 4.69) is 5.32 Å². The zero-order valence-corrected chi connectivity index (χ0v) is 14.4. The molecule has 0 aliphatic heterocycles. The Labute approximate surface area is 144 Å². The van der Waals surface area contributed by atoms with Crippen LogP contribution in [0.4, 0.5) is 13.6 Å². The number of halogens is 2. The van der Waals surface area contributed by atoms with E-state index in [1.165, 1.54) is 6.07 Å². The number of rotatable bonds is 4. The van der Waals surface area contributed by atoms with Gasteiger partial charge in [0.1, 0.15) is 11.6 Å². The summed E-state index contributed by atoms with van der Waals surface area (Å²) in [6, 6.07) is 2.94. The Morgan fingerprint density at radius 2 is 1.84 bits per heavy atom. The third-order valence-electron chi connectivity index (χ3n) is 5.11. The molecule has 2 bridgehead atoms. The molecular weight excluding hydrogens is 332 g/mol. The Morgan fingerprint density at radius 1 is 1.24 bits per heavy atom. The normalized spacial score (nSPS) is 28.4. The number of ether oxygens (including phenoxy) is 1. The highest BCUT2D eigenvalue weighted by atomic mass is 19.2. The van der Waals surface area contributed by atoms with Crippen molar-refractivity contribution in [1.82, 2.24) is 5.32 Å². The summed E-state index contributed by atoms with van der Waals surface area (Å²) >= 11 is 0. The highest BCUT2D eigenvalue weighted by molar-refractivity contribution is 5.82. The monoisotopic (exact) mass is 353 g/mol. The molecule has 1 atom stereocenters. The molecule has 1 amide bonds. The molecule has 0 aromatic heterocycles. The molecule has 0 heterocycles. The number of hydrogen-bond acceptors (Lipinski definition) is 3. The lowest BCUT2D eigenvalue weighted by molar-refractivity contribution is -0.184. The van der Waals surface area contributed by atoms with Crippen LogP contribution >= 0.6 is 0 Å². The van der Waals surface area contributed by atoms with E-state index < -0.39 is 46.2 Å². The summed E-state index contributed by atoms with van der Waals surface area (Å²) in [4.78, 5) is 23.5. The molecule has 5 nitrogen and oxygen atoms in total. The van der Waals surface area contributed by atoms with Crippen molar-refractivity contribution in [3.8, 4) is 0 Å². The number of carboxylic acids is 1. The Bertz CT molecular complexity index is 721. The quantitative estimate of drug-likeness (QED) is 0.870. The van der Waals surface area contributed by atoms with E-state index in [1.807, 2.05) is 0 Å². The van der Waals surface area contributed by atoms with Crippen LogP contribution in [0.1, 0.15) is 45.6 Å². The van der Waals surface area contributed by atoms with Crippen molar-refractivity contribution in [2.24, 2.45) is 5.41 Å². The molecule has 0 saturated heterocycles. The number of aliphatic carboxylic acids is 1. The largest absolute Gasteiger partial charge is 0.480 e. The maximum absolute atomic E-state index is 14.0. The molecule has 2 N–H and O–H groups in total. The van der Waals surface area contributed by atoms with Crippen LogP contribution in [-0.4, -0.2) is 28.8 Å². The molecule has 1 aromatic carbocycles. The van der Waals surface area contributed by atoms with E-state index in [4.69, 9.17) is 4.74 Å². The maximum atomic E-state index is 14.0. The summed E-state index contributed by atoms with van der Waals surface area (Å²) in [6.07, 6.45) is 0.392. The van der Waals surface area contributed by atoms with E-state index in [0.29, 0.717) is 19.3 Å². The van der Waals surface area contributed by atoms with Crippen molar-refractivity contribution in [1.29, 1.82) is 0 Å². The van der Waals surface area contributed by atoms with Gasteiger partial charge < -0.3 is 15.2 Å². The second-order valence-electron chi connectivity index (χ2n) is 8.19. The molecule has 0 spiro atoms. The van der Waals surface area contributed by atoms with Gasteiger partial charge in [0.05, 0.1) is 0 Å². The average molecular weight is 353 g/mol. The lowest BCUT2D eigenvalue weighted by Gasteiger charge is -2.72. The molecule has 1 aromatic rings. The zero-order valence-electron chi connectivity index (χ0n) is 14.4. The Morgan fingerprint density at radius 3 is 2.36 bits per heavy atom. The van der Waals surface area contributed by atoms with Crippen LogP contribution in [0.5, 0.6) is 0 Å². The summed E-state index contributed by atoms with van der Waals surface area (Å²) in [6.45, 7) is 5.06. The molecule has 136 valence electrons. The van der Waals surface area contributed by atoms with Crippen LogP contribution in [-0.2, 0) is 14.9 Å². The predicted octanol–water partition coefficient (Wildman–Crippen LogP) is 3.36. The van der Waals surface area contributed by atoms with Gasteiger partial charge in [0, 0.05) is 10.8 Å². The SMILES string of the molecule is CC(C)(C)OC(=O)NC(C(=O)O)C12CC(c3cccc(F)c3F)(C1)C2.